The second kappa shape index (κ2) is 5.66. The molecule has 0 heterocycles. The van der Waals surface area contributed by atoms with Crippen LogP contribution in [-0.2, 0) is 4.79 Å². The summed E-state index contributed by atoms with van der Waals surface area (Å²) in [4.78, 5) is 11.8. The van der Waals surface area contributed by atoms with Crippen LogP contribution in [0.25, 0.3) is 0 Å². The molecule has 4 atom stereocenters. The zero-order valence-corrected chi connectivity index (χ0v) is 14.6. The molecule has 0 saturated heterocycles. The highest BCUT2D eigenvalue weighted by molar-refractivity contribution is 5.82. The Bertz CT molecular complexity index is 653. The monoisotopic (exact) mass is 308 g/mol. The van der Waals surface area contributed by atoms with Gasteiger partial charge in [0.05, 0.1) is 0 Å². The lowest BCUT2D eigenvalue weighted by Crippen LogP contribution is -2.42. The lowest BCUT2D eigenvalue weighted by molar-refractivity contribution is -0.119. The third-order valence-corrected chi connectivity index (χ3v) is 7.18. The summed E-state index contributed by atoms with van der Waals surface area (Å²) >= 11 is 0. The van der Waals surface area contributed by atoms with Crippen LogP contribution in [0.4, 0.5) is 0 Å². The van der Waals surface area contributed by atoms with Gasteiger partial charge < -0.3 is 0 Å². The van der Waals surface area contributed by atoms with Crippen LogP contribution in [0.1, 0.15) is 71.6 Å². The molecule has 0 aromatic rings. The highest BCUT2D eigenvalue weighted by Crippen LogP contribution is 2.61. The maximum Gasteiger partial charge on any atom is 0.137 e. The number of carbonyl (C=O) groups excluding carboxylic acids is 1. The Morgan fingerprint density at radius 2 is 2.13 bits per heavy atom. The number of carbonyl (C=O) groups is 1. The molecule has 0 N–H and O–H groups in total. The van der Waals surface area contributed by atoms with Gasteiger partial charge in [0.25, 0.3) is 0 Å². The molecule has 0 aromatic carbocycles. The van der Waals surface area contributed by atoms with Crippen molar-refractivity contribution >= 4 is 5.78 Å². The van der Waals surface area contributed by atoms with Crippen molar-refractivity contribution in [2.24, 2.45) is 23.2 Å². The van der Waals surface area contributed by atoms with Crippen molar-refractivity contribution in [3.05, 3.63) is 22.8 Å². The van der Waals surface area contributed by atoms with E-state index < -0.39 is 0 Å². The van der Waals surface area contributed by atoms with Gasteiger partial charge in [-0.05, 0) is 56.3 Å². The van der Waals surface area contributed by atoms with Crippen molar-refractivity contribution in [3.63, 3.8) is 0 Å². The zero-order chi connectivity index (χ0) is 16.0. The van der Waals surface area contributed by atoms with Crippen molar-refractivity contribution in [1.82, 2.24) is 0 Å². The minimum absolute atomic E-state index is 0.325. The number of ketones is 1. The summed E-state index contributed by atoms with van der Waals surface area (Å²) < 4.78 is 0. The molecule has 0 amide bonds. The molecule has 1 saturated carbocycles. The van der Waals surface area contributed by atoms with E-state index in [1.165, 1.54) is 43.3 Å². The quantitative estimate of drug-likeness (QED) is 0.443. The topological polar surface area (TPSA) is 17.1 Å². The summed E-state index contributed by atoms with van der Waals surface area (Å²) in [5, 5.41) is 0. The van der Waals surface area contributed by atoms with Crippen LogP contribution in [0.3, 0.4) is 0 Å². The first kappa shape index (κ1) is 15.3. The standard InChI is InChI=1S/C22H28O/c1-3-4-5-16-7-11-21-20-9-6-15-14-17(23)8-10-18(15)19(20)12-13-22(16,21)2/h7,19-21H,3,6,8-14H2,1-2H3/t19?,20?,21?,22-/m1/s1. The number of hydrogen-bond acceptors (Lipinski definition) is 1. The number of allylic oxidation sites excluding steroid dienone is 4. The molecule has 0 spiro atoms. The molecule has 4 rings (SSSR count). The Balaban J connectivity index is 1.61. The van der Waals surface area contributed by atoms with E-state index in [4.69, 9.17) is 0 Å². The maximum atomic E-state index is 11.8. The minimum Gasteiger partial charge on any atom is -0.299 e. The SMILES string of the molecule is CCC#CC1=CCC2C3CCC4=C(CCC(=O)C4)C3CC[C@]12C. The van der Waals surface area contributed by atoms with Gasteiger partial charge >= 0.3 is 0 Å². The molecule has 23 heavy (non-hydrogen) atoms. The van der Waals surface area contributed by atoms with Gasteiger partial charge in [-0.2, -0.15) is 0 Å². The third kappa shape index (κ3) is 2.34. The van der Waals surface area contributed by atoms with Crippen molar-refractivity contribution < 1.29 is 4.79 Å². The Morgan fingerprint density at radius 3 is 2.96 bits per heavy atom. The van der Waals surface area contributed by atoms with Crippen LogP contribution in [-0.4, -0.2) is 5.78 Å². The van der Waals surface area contributed by atoms with Crippen molar-refractivity contribution in [2.75, 3.05) is 0 Å². The average Bonchev–Trinajstić information content (AvgIpc) is 2.89. The van der Waals surface area contributed by atoms with E-state index in [2.05, 4.69) is 31.8 Å². The smallest absolute Gasteiger partial charge is 0.137 e. The van der Waals surface area contributed by atoms with E-state index in [1.54, 1.807) is 5.57 Å². The summed E-state index contributed by atoms with van der Waals surface area (Å²) in [7, 11) is 0. The van der Waals surface area contributed by atoms with E-state index in [9.17, 15) is 4.79 Å². The van der Waals surface area contributed by atoms with Gasteiger partial charge in [-0.25, -0.2) is 0 Å². The summed E-state index contributed by atoms with van der Waals surface area (Å²) in [6.45, 7) is 4.62. The predicted molar refractivity (Wildman–Crippen MR) is 93.7 cm³/mol. The number of hydrogen-bond donors (Lipinski definition) is 0. The molecular formula is C22H28O. The lowest BCUT2D eigenvalue weighted by Gasteiger charge is -2.51. The molecule has 0 aliphatic heterocycles. The molecule has 122 valence electrons. The first-order chi connectivity index (χ1) is 11.1. The van der Waals surface area contributed by atoms with E-state index in [0.29, 0.717) is 11.2 Å². The Labute approximate surface area is 140 Å². The van der Waals surface area contributed by atoms with Gasteiger partial charge in [0.15, 0.2) is 0 Å². The van der Waals surface area contributed by atoms with Gasteiger partial charge in [0.2, 0.25) is 0 Å². The Kier molecular flexibility index (Phi) is 3.75. The molecular weight excluding hydrogens is 280 g/mol. The number of Topliss-reactive ketones (excluding diaryl/α,β-unsaturated/α-hetero) is 1. The molecule has 4 aliphatic rings. The van der Waals surface area contributed by atoms with Crippen molar-refractivity contribution in [2.45, 2.75) is 71.6 Å². The Hall–Kier alpha value is -1.29. The fourth-order valence-electron chi connectivity index (χ4n) is 6.00. The summed E-state index contributed by atoms with van der Waals surface area (Å²) in [6.07, 6.45) is 12.4. The van der Waals surface area contributed by atoms with Crippen molar-refractivity contribution in [3.8, 4) is 11.8 Å². The summed E-state index contributed by atoms with van der Waals surface area (Å²) in [6, 6.07) is 0. The minimum atomic E-state index is 0.325. The van der Waals surface area contributed by atoms with Gasteiger partial charge in [-0.1, -0.05) is 42.9 Å². The van der Waals surface area contributed by atoms with Gasteiger partial charge in [0, 0.05) is 30.3 Å². The third-order valence-electron chi connectivity index (χ3n) is 7.18. The van der Waals surface area contributed by atoms with Crippen LogP contribution >= 0.6 is 0 Å². The molecule has 1 fully saturated rings. The highest BCUT2D eigenvalue weighted by atomic mass is 16.1. The highest BCUT2D eigenvalue weighted by Gasteiger charge is 2.52. The first-order valence-corrected chi connectivity index (χ1v) is 9.55. The second-order valence-electron chi connectivity index (χ2n) is 8.22. The first-order valence-electron chi connectivity index (χ1n) is 9.55. The van der Waals surface area contributed by atoms with Gasteiger partial charge in [-0.15, -0.1) is 0 Å². The van der Waals surface area contributed by atoms with Gasteiger partial charge in [-0.3, -0.25) is 4.79 Å². The number of rotatable bonds is 0. The summed E-state index contributed by atoms with van der Waals surface area (Å²) in [5.74, 6) is 9.66. The molecule has 0 radical (unpaired) electrons. The van der Waals surface area contributed by atoms with E-state index in [-0.39, 0.29) is 0 Å². The van der Waals surface area contributed by atoms with E-state index in [1.807, 2.05) is 0 Å². The zero-order valence-electron chi connectivity index (χ0n) is 14.6. The molecule has 1 nitrogen and oxygen atoms in total. The van der Waals surface area contributed by atoms with Crippen molar-refractivity contribution in [1.29, 1.82) is 0 Å². The molecule has 3 unspecified atom stereocenters. The Morgan fingerprint density at radius 1 is 1.26 bits per heavy atom. The fraction of sp³-hybridized carbons (Fsp3) is 0.682. The van der Waals surface area contributed by atoms with Crippen LogP contribution in [0.15, 0.2) is 22.8 Å². The molecule has 4 aliphatic carbocycles. The number of fused-ring (bicyclic) bond motifs is 4. The fourth-order valence-corrected chi connectivity index (χ4v) is 6.00. The molecule has 0 aromatic heterocycles. The van der Waals surface area contributed by atoms with Crippen LogP contribution in [0.2, 0.25) is 0 Å². The maximum absolute atomic E-state index is 11.8. The van der Waals surface area contributed by atoms with Gasteiger partial charge in [0.1, 0.15) is 5.78 Å². The average molecular weight is 308 g/mol. The van der Waals surface area contributed by atoms with E-state index >= 15 is 0 Å². The largest absolute Gasteiger partial charge is 0.299 e. The van der Waals surface area contributed by atoms with Crippen LogP contribution in [0.5, 0.6) is 0 Å². The second-order valence-corrected chi connectivity index (χ2v) is 8.22. The molecule has 1 heteroatoms. The predicted octanol–water partition coefficient (Wildman–Crippen LogP) is 5.22. The van der Waals surface area contributed by atoms with Crippen LogP contribution < -0.4 is 0 Å². The normalized spacial score (nSPS) is 39.0. The molecule has 0 bridgehead atoms. The van der Waals surface area contributed by atoms with E-state index in [0.717, 1.165) is 43.4 Å². The van der Waals surface area contributed by atoms with Crippen LogP contribution in [0, 0.1) is 35.0 Å². The lowest BCUT2D eigenvalue weighted by atomic mass is 9.53. The summed E-state index contributed by atoms with van der Waals surface area (Å²) in [5.41, 5.74) is 4.99.